The summed E-state index contributed by atoms with van der Waals surface area (Å²) in [6, 6.07) is 2.62. The Balaban J connectivity index is 0.00000456. The Morgan fingerprint density at radius 2 is 1.78 bits per heavy atom. The molecule has 2 heterocycles. The molecule has 9 nitrogen and oxygen atoms in total. The predicted octanol–water partition coefficient (Wildman–Crippen LogP) is 1.08. The Morgan fingerprint density at radius 1 is 1.11 bits per heavy atom. The Labute approximate surface area is 215 Å². The molecule has 2 aliphatic rings. The van der Waals surface area contributed by atoms with Gasteiger partial charge in [0.1, 0.15) is 17.9 Å². The van der Waals surface area contributed by atoms with E-state index in [1.165, 1.54) is 21.9 Å². The average molecular weight is 530 g/mol. The summed E-state index contributed by atoms with van der Waals surface area (Å²) in [6.45, 7) is 2.25. The van der Waals surface area contributed by atoms with Gasteiger partial charge in [-0.1, -0.05) is 12.1 Å². The molecular formula is C24H34ClF2N5O4. The Morgan fingerprint density at radius 3 is 2.39 bits per heavy atom. The molecule has 3 rings (SSSR count). The van der Waals surface area contributed by atoms with Gasteiger partial charge in [-0.15, -0.1) is 12.4 Å². The number of rotatable bonds is 7. The lowest BCUT2D eigenvalue weighted by atomic mass is 10.1. The fraction of sp³-hybridized carbons (Fsp3) is 0.583. The number of nitrogens with zero attached hydrogens (tertiary/aromatic N) is 2. The summed E-state index contributed by atoms with van der Waals surface area (Å²) in [5.41, 5.74) is 0.722. The molecule has 2 fully saturated rings. The van der Waals surface area contributed by atoms with Crippen LogP contribution in [0.15, 0.2) is 24.3 Å². The number of nitrogens with one attached hydrogen (secondary N) is 3. The highest BCUT2D eigenvalue weighted by Crippen LogP contribution is 2.30. The van der Waals surface area contributed by atoms with Gasteiger partial charge in [0.2, 0.25) is 17.7 Å². The first-order chi connectivity index (χ1) is 16.7. The van der Waals surface area contributed by atoms with Crippen LogP contribution < -0.4 is 16.0 Å². The normalized spacial score (nSPS) is 23.5. The van der Waals surface area contributed by atoms with Gasteiger partial charge in [0.15, 0.2) is 6.67 Å². The lowest BCUT2D eigenvalue weighted by molar-refractivity contribution is -0.147. The minimum Gasteiger partial charge on any atom is -0.348 e. The number of hydrogen-bond acceptors (Lipinski definition) is 5. The second-order valence-electron chi connectivity index (χ2n) is 9.11. The first-order valence-electron chi connectivity index (χ1n) is 11.9. The van der Waals surface area contributed by atoms with Gasteiger partial charge in [-0.25, -0.2) is 8.78 Å². The number of benzene rings is 1. The second kappa shape index (κ2) is 13.0. The van der Waals surface area contributed by atoms with Crippen molar-refractivity contribution in [3.05, 3.63) is 35.6 Å². The van der Waals surface area contributed by atoms with Crippen molar-refractivity contribution < 1.29 is 28.0 Å². The summed E-state index contributed by atoms with van der Waals surface area (Å²) >= 11 is 0. The minimum atomic E-state index is -1.19. The number of halogens is 3. The van der Waals surface area contributed by atoms with E-state index in [1.54, 1.807) is 33.0 Å². The maximum absolute atomic E-state index is 13.6. The zero-order chi connectivity index (χ0) is 25.7. The number of amides is 4. The van der Waals surface area contributed by atoms with Gasteiger partial charge in [-0.05, 0) is 57.9 Å². The molecule has 1 aromatic rings. The van der Waals surface area contributed by atoms with E-state index in [2.05, 4.69) is 16.0 Å². The molecule has 4 amide bonds. The first kappa shape index (κ1) is 29.4. The Hall–Kier alpha value is -2.79. The highest BCUT2D eigenvalue weighted by Gasteiger charge is 2.45. The number of carbonyl (C=O) groups excluding carboxylic acids is 4. The molecule has 2 aliphatic heterocycles. The van der Waals surface area contributed by atoms with Gasteiger partial charge in [-0.2, -0.15) is 0 Å². The van der Waals surface area contributed by atoms with Crippen molar-refractivity contribution in [2.75, 3.05) is 26.8 Å². The summed E-state index contributed by atoms with van der Waals surface area (Å²) in [6.07, 6.45) is 1.37. The molecule has 5 atom stereocenters. The number of hydrogen-bond donors (Lipinski definition) is 3. The van der Waals surface area contributed by atoms with Crippen molar-refractivity contribution in [3.8, 4) is 0 Å². The molecule has 1 aromatic carbocycles. The van der Waals surface area contributed by atoms with E-state index < -0.39 is 48.6 Å². The van der Waals surface area contributed by atoms with Gasteiger partial charge < -0.3 is 25.8 Å². The van der Waals surface area contributed by atoms with Gasteiger partial charge >= 0.3 is 0 Å². The van der Waals surface area contributed by atoms with E-state index in [4.69, 9.17) is 0 Å². The molecule has 3 N–H and O–H groups in total. The van der Waals surface area contributed by atoms with Crippen molar-refractivity contribution in [1.29, 1.82) is 0 Å². The summed E-state index contributed by atoms with van der Waals surface area (Å²) in [7, 11) is 1.60. The van der Waals surface area contributed by atoms with Gasteiger partial charge in [0.25, 0.3) is 5.91 Å². The zero-order valence-corrected chi connectivity index (χ0v) is 21.4. The summed E-state index contributed by atoms with van der Waals surface area (Å²) in [5, 5.41) is 8.35. The fourth-order valence-corrected chi connectivity index (χ4v) is 4.62. The lowest BCUT2D eigenvalue weighted by Gasteiger charge is -2.39. The molecule has 12 heteroatoms. The Bertz CT molecular complexity index is 951. The van der Waals surface area contributed by atoms with E-state index in [-0.39, 0.29) is 43.3 Å². The number of alkyl halides is 1. The molecule has 200 valence electrons. The third-order valence-corrected chi connectivity index (χ3v) is 6.83. The van der Waals surface area contributed by atoms with Crippen LogP contribution in [0.3, 0.4) is 0 Å². The third-order valence-electron chi connectivity index (χ3n) is 6.83. The van der Waals surface area contributed by atoms with Crippen LogP contribution in [0.5, 0.6) is 0 Å². The van der Waals surface area contributed by atoms with E-state index >= 15 is 0 Å². The van der Waals surface area contributed by atoms with Crippen LogP contribution in [0.2, 0.25) is 0 Å². The van der Waals surface area contributed by atoms with Crippen LogP contribution in [-0.2, 0) is 19.2 Å². The zero-order valence-electron chi connectivity index (χ0n) is 20.6. The van der Waals surface area contributed by atoms with E-state index in [0.717, 1.165) is 5.56 Å². The van der Waals surface area contributed by atoms with Crippen LogP contribution in [0, 0.1) is 5.82 Å². The Kier molecular flexibility index (Phi) is 10.6. The maximum Gasteiger partial charge on any atom is 0.254 e. The quantitative estimate of drug-likeness (QED) is 0.489. The number of likely N-dealkylation sites (N-methyl/N-ethyl adjacent to an activating group) is 1. The maximum atomic E-state index is 13.6. The highest BCUT2D eigenvalue weighted by molar-refractivity contribution is 5.94. The molecule has 0 spiro atoms. The minimum absolute atomic E-state index is 0. The average Bonchev–Trinajstić information content (AvgIpc) is 3.27. The van der Waals surface area contributed by atoms with E-state index in [9.17, 15) is 28.0 Å². The van der Waals surface area contributed by atoms with Crippen molar-refractivity contribution in [2.45, 2.75) is 63.3 Å². The molecule has 2 saturated heterocycles. The third kappa shape index (κ3) is 6.70. The van der Waals surface area contributed by atoms with Crippen LogP contribution in [-0.4, -0.2) is 84.4 Å². The van der Waals surface area contributed by atoms with Crippen molar-refractivity contribution >= 4 is 36.0 Å². The molecule has 0 aromatic heterocycles. The lowest BCUT2D eigenvalue weighted by Crippen LogP contribution is -2.62. The van der Waals surface area contributed by atoms with Crippen molar-refractivity contribution in [1.82, 2.24) is 25.8 Å². The standard InChI is InChI=1S/C24H33F2N5O4.ClH/c1-14(16-4-6-17(26)7-5-16)28-23(34)20-9-8-18-10-11-30(21(32)12-25)13-19(24(35)31(18)20)29-22(33)15(2)27-3;/h4-7,14-15,18-20,27H,8-13H2,1-3H3,(H,28,34)(H,29,33);1H/t14-,15+,18-,19+,20+;/m1./s1. The summed E-state index contributed by atoms with van der Waals surface area (Å²) in [5.74, 6) is -2.38. The largest absolute Gasteiger partial charge is 0.348 e. The van der Waals surface area contributed by atoms with E-state index in [0.29, 0.717) is 19.3 Å². The molecular weight excluding hydrogens is 496 g/mol. The fourth-order valence-electron chi connectivity index (χ4n) is 4.62. The molecule has 0 radical (unpaired) electrons. The number of fused-ring (bicyclic) bond motifs is 1. The summed E-state index contributed by atoms with van der Waals surface area (Å²) in [4.78, 5) is 54.3. The summed E-state index contributed by atoms with van der Waals surface area (Å²) < 4.78 is 26.4. The van der Waals surface area contributed by atoms with Crippen LogP contribution in [0.25, 0.3) is 0 Å². The molecule has 36 heavy (non-hydrogen) atoms. The van der Waals surface area contributed by atoms with E-state index in [1.807, 2.05) is 0 Å². The monoisotopic (exact) mass is 529 g/mol. The van der Waals surface area contributed by atoms with Crippen molar-refractivity contribution in [2.24, 2.45) is 0 Å². The molecule has 0 bridgehead atoms. The first-order valence-corrected chi connectivity index (χ1v) is 11.9. The number of carbonyl (C=O) groups is 4. The smallest absolute Gasteiger partial charge is 0.254 e. The van der Waals surface area contributed by atoms with Gasteiger partial charge in [0, 0.05) is 19.1 Å². The molecule has 0 aliphatic carbocycles. The van der Waals surface area contributed by atoms with Crippen LogP contribution >= 0.6 is 12.4 Å². The van der Waals surface area contributed by atoms with Crippen molar-refractivity contribution in [3.63, 3.8) is 0 Å². The van der Waals surface area contributed by atoms with Crippen LogP contribution in [0.4, 0.5) is 8.78 Å². The molecule has 0 unspecified atom stereocenters. The highest BCUT2D eigenvalue weighted by atomic mass is 35.5. The van der Waals surface area contributed by atoms with Gasteiger partial charge in [0.05, 0.1) is 12.1 Å². The second-order valence-corrected chi connectivity index (χ2v) is 9.11. The topological polar surface area (TPSA) is 111 Å². The molecule has 0 saturated carbocycles. The SMILES string of the molecule is CN[C@@H](C)C(=O)N[C@H]1CN(C(=O)CF)CC[C@H]2CC[C@@H](C(=O)N[C@H](C)c3ccc(F)cc3)N2C1=O.Cl. The van der Waals surface area contributed by atoms with Crippen LogP contribution in [0.1, 0.15) is 44.7 Å². The van der Waals surface area contributed by atoms with Gasteiger partial charge in [-0.3, -0.25) is 19.2 Å². The predicted molar refractivity (Wildman–Crippen MR) is 131 cm³/mol.